The van der Waals surface area contributed by atoms with Gasteiger partial charge in [0.1, 0.15) is 17.2 Å². The number of thiophene rings is 2. The molecule has 0 atom stereocenters. The van der Waals surface area contributed by atoms with Crippen LogP contribution in [-0.4, -0.2) is 9.13 Å². The van der Waals surface area contributed by atoms with Gasteiger partial charge in [-0.3, -0.25) is 0 Å². The maximum atomic E-state index is 12.1. The van der Waals surface area contributed by atoms with Gasteiger partial charge in [0, 0.05) is 69.0 Å². The van der Waals surface area contributed by atoms with Crippen LogP contribution in [0, 0.1) is 17.9 Å². The molecule has 0 aliphatic heterocycles. The summed E-state index contributed by atoms with van der Waals surface area (Å²) in [6.07, 6.45) is 0. The van der Waals surface area contributed by atoms with E-state index < -0.39 is 0 Å². The van der Waals surface area contributed by atoms with Crippen LogP contribution in [0.25, 0.3) is 144 Å². The summed E-state index contributed by atoms with van der Waals surface area (Å²) in [4.78, 5) is 4.65. The second-order valence-electron chi connectivity index (χ2n) is 17.6. The van der Waals surface area contributed by atoms with Gasteiger partial charge < -0.3 is 13.6 Å². The summed E-state index contributed by atoms with van der Waals surface area (Å²) in [5.74, 6) is 0. The lowest BCUT2D eigenvalue weighted by molar-refractivity contribution is 0.669. The van der Waals surface area contributed by atoms with Gasteiger partial charge in [0.25, 0.3) is 0 Å². The Balaban J connectivity index is 1.28. The maximum Gasteiger partial charge on any atom is 0.220 e. The summed E-state index contributed by atoms with van der Waals surface area (Å²) in [6, 6.07) is 70.6. The van der Waals surface area contributed by atoms with E-state index in [1.165, 1.54) is 30.9 Å². The maximum absolute atomic E-state index is 12.1. The van der Waals surface area contributed by atoms with Crippen molar-refractivity contribution in [3.63, 3.8) is 0 Å². The molecule has 0 radical (unpaired) electrons. The summed E-state index contributed by atoms with van der Waals surface area (Å²) in [6.45, 7) is 9.50. The van der Waals surface area contributed by atoms with E-state index in [0.29, 0.717) is 22.5 Å². The van der Waals surface area contributed by atoms with Crippen LogP contribution in [0.5, 0.6) is 0 Å². The van der Waals surface area contributed by atoms with Gasteiger partial charge >= 0.3 is 0 Å². The predicted octanol–water partition coefficient (Wildman–Crippen LogP) is 18.3. The third-order valence-corrected chi connectivity index (χ3v) is 16.6. The Morgan fingerprint density at radius 2 is 0.942 bits per heavy atom. The van der Waals surface area contributed by atoms with Gasteiger partial charge in [-0.25, -0.2) is 4.85 Å². The Morgan fingerprint density at radius 1 is 0.435 bits per heavy atom. The Kier molecular flexibility index (Phi) is 7.89. The fourth-order valence-electron chi connectivity index (χ4n) is 11.4. The number of hydrogen-bond donors (Lipinski definition) is 0. The second-order valence-corrected chi connectivity index (χ2v) is 19.7. The van der Waals surface area contributed by atoms with Crippen LogP contribution >= 0.6 is 22.7 Å². The van der Waals surface area contributed by atoms with Gasteiger partial charge in [-0.05, 0) is 47.5 Å². The number of furan rings is 1. The first-order valence-corrected chi connectivity index (χ1v) is 24.5. The molecule has 15 aromatic rings. The van der Waals surface area contributed by atoms with Gasteiger partial charge in [-0.2, -0.15) is 5.26 Å². The third kappa shape index (κ3) is 5.10. The Hall–Kier alpha value is -8.98. The molecule has 5 aromatic heterocycles. The smallest absolute Gasteiger partial charge is 0.220 e. The van der Waals surface area contributed by atoms with Crippen LogP contribution in [-0.2, 0) is 0 Å². The monoisotopic (exact) mass is 912 g/mol. The zero-order chi connectivity index (χ0) is 45.5. The van der Waals surface area contributed by atoms with Crippen LogP contribution in [0.2, 0.25) is 0 Å². The second kappa shape index (κ2) is 14.3. The van der Waals surface area contributed by atoms with E-state index in [-0.39, 0.29) is 0 Å². The lowest BCUT2D eigenvalue weighted by atomic mass is 9.88. The molecule has 0 bridgehead atoms. The van der Waals surface area contributed by atoms with Crippen molar-refractivity contribution < 1.29 is 4.42 Å². The van der Waals surface area contributed by atoms with Crippen molar-refractivity contribution in [2.75, 3.05) is 0 Å². The molecule has 0 amide bonds. The minimum Gasteiger partial charge on any atom is -0.456 e. The van der Waals surface area contributed by atoms with Gasteiger partial charge in [-0.1, -0.05) is 158 Å². The first-order valence-electron chi connectivity index (χ1n) is 22.9. The van der Waals surface area contributed by atoms with E-state index >= 15 is 0 Å². The van der Waals surface area contributed by atoms with Crippen molar-refractivity contribution in [3.8, 4) is 39.7 Å². The van der Waals surface area contributed by atoms with Gasteiger partial charge in [0.2, 0.25) is 5.69 Å². The molecule has 318 valence electrons. The van der Waals surface area contributed by atoms with Crippen molar-refractivity contribution in [3.05, 3.63) is 211 Å². The topological polar surface area (TPSA) is 51.1 Å². The molecule has 0 aliphatic rings. The first kappa shape index (κ1) is 38.2. The van der Waals surface area contributed by atoms with Crippen molar-refractivity contribution in [2.45, 2.75) is 0 Å². The van der Waals surface area contributed by atoms with Crippen LogP contribution in [0.15, 0.2) is 199 Å². The lowest BCUT2D eigenvalue weighted by Gasteiger charge is -2.26. The Morgan fingerprint density at radius 3 is 1.57 bits per heavy atom. The normalized spacial score (nSPS) is 12.0. The number of rotatable bonds is 4. The SMILES string of the molecule is [C-]#[N+]c1c(-c2ccccc2)c(C#N)c(-n2c3ccccc3c3ccc4oc5ccccc5c4c32)c(-c2ccccc2)c1-n1c2c(ccc3c4ccccc4sc32)c2ccc3c4ccccc4sc3c21. The molecule has 7 heteroatoms. The van der Waals surface area contributed by atoms with Crippen molar-refractivity contribution in [1.82, 2.24) is 9.13 Å². The molecule has 0 N–H and O–H groups in total. The van der Waals surface area contributed by atoms with E-state index in [1.54, 1.807) is 22.7 Å². The summed E-state index contributed by atoms with van der Waals surface area (Å²) < 4.78 is 16.1. The molecule has 5 heterocycles. The predicted molar refractivity (Wildman–Crippen MR) is 290 cm³/mol. The zero-order valence-electron chi connectivity index (χ0n) is 36.5. The molecule has 15 rings (SSSR count). The van der Waals surface area contributed by atoms with E-state index in [0.717, 1.165) is 97.3 Å². The molecular weight excluding hydrogens is 881 g/mol. The summed E-state index contributed by atoms with van der Waals surface area (Å²) in [7, 11) is 0. The highest BCUT2D eigenvalue weighted by molar-refractivity contribution is 7.27. The van der Waals surface area contributed by atoms with Crippen molar-refractivity contribution in [2.24, 2.45) is 0 Å². The van der Waals surface area contributed by atoms with Gasteiger partial charge in [0.15, 0.2) is 0 Å². The number of nitrogens with zero attached hydrogens (tertiary/aromatic N) is 4. The highest BCUT2D eigenvalue weighted by Gasteiger charge is 2.33. The van der Waals surface area contributed by atoms with Gasteiger partial charge in [0.05, 0.1) is 60.4 Å². The van der Waals surface area contributed by atoms with Crippen LogP contribution in [0.3, 0.4) is 0 Å². The summed E-state index contributed by atoms with van der Waals surface area (Å²) in [5, 5.41) is 23.1. The number of fused-ring (bicyclic) bond motifs is 18. The molecular formula is C62H32N4OS2. The van der Waals surface area contributed by atoms with Gasteiger partial charge in [-0.15, -0.1) is 22.7 Å². The first-order chi connectivity index (χ1) is 34.2. The Bertz CT molecular complexity index is 4670. The largest absolute Gasteiger partial charge is 0.456 e. The molecule has 10 aromatic carbocycles. The molecule has 0 unspecified atom stereocenters. The molecule has 0 fully saturated rings. The molecule has 0 aliphatic carbocycles. The van der Waals surface area contributed by atoms with E-state index in [4.69, 9.17) is 4.42 Å². The van der Waals surface area contributed by atoms with Crippen molar-refractivity contribution in [1.29, 1.82) is 5.26 Å². The minimum absolute atomic E-state index is 0.412. The average Bonchev–Trinajstić information content (AvgIpc) is 4.22. The number of aromatic nitrogens is 2. The quantitative estimate of drug-likeness (QED) is 0.165. The van der Waals surface area contributed by atoms with Crippen LogP contribution < -0.4 is 0 Å². The fraction of sp³-hybridized carbons (Fsp3) is 0. The molecule has 69 heavy (non-hydrogen) atoms. The standard InChI is InChI=1S/C62H32N4OS2/c1-64-55-52(35-16-4-2-5-17-35)46(34-63)57(65-47-24-12-8-20-37(47)40-32-33-49-54(56(40)65)45-23-9-13-25-48(45)67-49)53(36-18-6-3-7-19-36)60(55)66-58-41(28-30-43-38-21-10-14-26-50(38)68-61(43)58)42-29-31-44-39-22-11-15-27-51(39)69-62(44)59(42)66/h2-33H. The molecule has 5 nitrogen and oxygen atoms in total. The molecule has 0 spiro atoms. The Labute approximate surface area is 401 Å². The van der Waals surface area contributed by atoms with Crippen LogP contribution in [0.1, 0.15) is 5.56 Å². The number of nitriles is 1. The number of para-hydroxylation sites is 2. The number of benzene rings is 10. The molecule has 0 saturated heterocycles. The fourth-order valence-corrected chi connectivity index (χ4v) is 13.9. The van der Waals surface area contributed by atoms with Crippen molar-refractivity contribution >= 4 is 134 Å². The summed E-state index contributed by atoms with van der Waals surface area (Å²) >= 11 is 3.59. The highest BCUT2D eigenvalue weighted by Crippen LogP contribution is 2.55. The summed E-state index contributed by atoms with van der Waals surface area (Å²) in [5.41, 5.74) is 10.8. The average molecular weight is 913 g/mol. The van der Waals surface area contributed by atoms with E-state index in [2.05, 4.69) is 166 Å². The third-order valence-electron chi connectivity index (χ3n) is 14.2. The van der Waals surface area contributed by atoms with Crippen LogP contribution in [0.4, 0.5) is 5.69 Å². The number of hydrogen-bond acceptors (Lipinski definition) is 4. The minimum atomic E-state index is 0.412. The zero-order valence-corrected chi connectivity index (χ0v) is 38.1. The molecule has 0 saturated carbocycles. The highest BCUT2D eigenvalue weighted by atomic mass is 32.1. The lowest BCUT2D eigenvalue weighted by Crippen LogP contribution is -2.09. The van der Waals surface area contributed by atoms with E-state index in [1.807, 2.05) is 48.5 Å². The van der Waals surface area contributed by atoms with E-state index in [9.17, 15) is 11.8 Å².